The molecule has 0 saturated heterocycles. The van der Waals surface area contributed by atoms with Crippen LogP contribution in [0.25, 0.3) is 0 Å². The SMILES string of the molecule is C[C@H](C1C(=O)c2ccccc2C1=O)[C@]12CCC(C)(C)CC1C1C(=O)C[C@@H]3[C@@]4(C)C=C(C#N)C(=O)C(C)(C)[C@@H]4CC[C@@]3(C)[C@]1(C)CC2. The first-order valence-electron chi connectivity index (χ1n) is 17.8. The van der Waals surface area contributed by atoms with Gasteiger partial charge in [-0.1, -0.05) is 85.7 Å². The zero-order chi connectivity index (χ0) is 33.4. The van der Waals surface area contributed by atoms with Gasteiger partial charge in [0.25, 0.3) is 0 Å². The number of nitriles is 1. The fourth-order valence-corrected chi connectivity index (χ4v) is 13.3. The van der Waals surface area contributed by atoms with Crippen LogP contribution in [-0.2, 0) is 9.59 Å². The summed E-state index contributed by atoms with van der Waals surface area (Å²) in [5, 5.41) is 10.0. The third kappa shape index (κ3) is 3.74. The van der Waals surface area contributed by atoms with Crippen LogP contribution in [0, 0.1) is 79.3 Å². The number of rotatable bonds is 2. The predicted molar refractivity (Wildman–Crippen MR) is 177 cm³/mol. The standard InChI is InChI=1S/C41H51NO4/c1-23(31-33(44)25-11-9-10-12-26(25)34(31)45)41-17-15-36(2,3)21-27(41)32-28(43)19-30-38(6)20-24(22-42)35(46)37(4,5)29(38)13-14-39(30,7)40(32,8)16-18-41/h9-12,20,23,27,29-32H,13-19,21H2,1-8H3/t23-,27?,29+,30-,32?,38+,39-,40-,41-/m1/s1. The Hall–Kier alpha value is -2.87. The lowest BCUT2D eigenvalue weighted by atomic mass is 9.31. The molecular formula is C41H51NO4. The van der Waals surface area contributed by atoms with Crippen molar-refractivity contribution in [3.63, 3.8) is 0 Å². The molecule has 1 aromatic carbocycles. The minimum atomic E-state index is -0.682. The second-order valence-corrected chi connectivity index (χ2v) is 18.5. The number of hydrogen-bond donors (Lipinski definition) is 0. The zero-order valence-corrected chi connectivity index (χ0v) is 29.1. The topological polar surface area (TPSA) is 92.1 Å². The van der Waals surface area contributed by atoms with Gasteiger partial charge in [-0.05, 0) is 95.7 Å². The average molecular weight is 622 g/mol. The molecular weight excluding hydrogens is 570 g/mol. The van der Waals surface area contributed by atoms with E-state index in [0.29, 0.717) is 23.3 Å². The molecule has 244 valence electrons. The van der Waals surface area contributed by atoms with Gasteiger partial charge in [0, 0.05) is 28.9 Å². The van der Waals surface area contributed by atoms with Crippen molar-refractivity contribution in [1.29, 1.82) is 5.26 Å². The van der Waals surface area contributed by atoms with E-state index < -0.39 is 16.7 Å². The minimum absolute atomic E-state index is 0.0391. The molecule has 6 aliphatic carbocycles. The highest BCUT2D eigenvalue weighted by Crippen LogP contribution is 2.77. The Labute approximate surface area is 275 Å². The summed E-state index contributed by atoms with van der Waals surface area (Å²) < 4.78 is 0. The summed E-state index contributed by atoms with van der Waals surface area (Å²) in [6.45, 7) is 17.9. The molecule has 0 bridgehead atoms. The third-order valence-electron chi connectivity index (χ3n) is 16.0. The number of hydrogen-bond acceptors (Lipinski definition) is 5. The number of ketones is 4. The van der Waals surface area contributed by atoms with E-state index >= 15 is 0 Å². The highest BCUT2D eigenvalue weighted by Gasteiger charge is 2.73. The lowest BCUT2D eigenvalue weighted by Gasteiger charge is -2.72. The molecule has 0 N–H and O–H groups in total. The van der Waals surface area contributed by atoms with Crippen LogP contribution in [-0.4, -0.2) is 23.1 Å². The van der Waals surface area contributed by atoms with Crippen molar-refractivity contribution in [3.05, 3.63) is 47.0 Å². The predicted octanol–water partition coefficient (Wildman–Crippen LogP) is 8.62. The summed E-state index contributed by atoms with van der Waals surface area (Å²) in [5.41, 5.74) is -0.323. The van der Waals surface area contributed by atoms with Crippen LogP contribution < -0.4 is 0 Å². The molecule has 2 unspecified atom stereocenters. The molecule has 0 heterocycles. The van der Waals surface area contributed by atoms with E-state index in [0.717, 1.165) is 44.9 Å². The largest absolute Gasteiger partial charge is 0.299 e. The Morgan fingerprint density at radius 3 is 2.02 bits per heavy atom. The van der Waals surface area contributed by atoms with Crippen LogP contribution in [0.15, 0.2) is 35.9 Å². The number of allylic oxidation sites excluding steroid dienone is 2. The van der Waals surface area contributed by atoms with Gasteiger partial charge in [-0.15, -0.1) is 0 Å². The molecule has 6 aliphatic rings. The average Bonchev–Trinajstić information content (AvgIpc) is 3.25. The molecule has 4 saturated carbocycles. The molecule has 9 atom stereocenters. The van der Waals surface area contributed by atoms with Crippen LogP contribution in [0.2, 0.25) is 0 Å². The summed E-state index contributed by atoms with van der Waals surface area (Å²) in [6, 6.07) is 9.52. The quantitative estimate of drug-likeness (QED) is 0.308. The molecule has 0 aromatic heterocycles. The van der Waals surface area contributed by atoms with Crippen molar-refractivity contribution in [3.8, 4) is 6.07 Å². The molecule has 0 aliphatic heterocycles. The van der Waals surface area contributed by atoms with Gasteiger partial charge in [0.1, 0.15) is 11.9 Å². The maximum absolute atomic E-state index is 15.0. The number of Topliss-reactive ketones (excluding diaryl/α,β-unsaturated/α-hetero) is 4. The summed E-state index contributed by atoms with van der Waals surface area (Å²) in [7, 11) is 0. The van der Waals surface area contributed by atoms with E-state index in [1.54, 1.807) is 12.1 Å². The van der Waals surface area contributed by atoms with Gasteiger partial charge in [0.2, 0.25) is 0 Å². The lowest BCUT2D eigenvalue weighted by Crippen LogP contribution is -2.69. The number of carbonyl (C=O) groups excluding carboxylic acids is 4. The first-order chi connectivity index (χ1) is 21.4. The highest BCUT2D eigenvalue weighted by atomic mass is 16.2. The molecule has 0 radical (unpaired) electrons. The van der Waals surface area contributed by atoms with E-state index in [1.165, 1.54) is 0 Å². The zero-order valence-electron chi connectivity index (χ0n) is 29.1. The van der Waals surface area contributed by atoms with Crippen molar-refractivity contribution in [1.82, 2.24) is 0 Å². The molecule has 5 nitrogen and oxygen atoms in total. The van der Waals surface area contributed by atoms with E-state index in [-0.39, 0.29) is 74.2 Å². The minimum Gasteiger partial charge on any atom is -0.299 e. The summed E-state index contributed by atoms with van der Waals surface area (Å²) in [5.74, 6) is -0.585. The van der Waals surface area contributed by atoms with Gasteiger partial charge in [-0.25, -0.2) is 0 Å². The molecule has 4 fully saturated rings. The Balaban J connectivity index is 1.32. The number of fused-ring (bicyclic) bond motifs is 8. The second kappa shape index (κ2) is 9.61. The van der Waals surface area contributed by atoms with Crippen LogP contribution >= 0.6 is 0 Å². The van der Waals surface area contributed by atoms with Gasteiger partial charge in [-0.3, -0.25) is 19.2 Å². The Morgan fingerprint density at radius 1 is 0.804 bits per heavy atom. The van der Waals surface area contributed by atoms with Crippen molar-refractivity contribution in [2.45, 2.75) is 107 Å². The molecule has 5 heteroatoms. The van der Waals surface area contributed by atoms with Crippen molar-refractivity contribution >= 4 is 23.1 Å². The van der Waals surface area contributed by atoms with E-state index in [1.807, 2.05) is 32.1 Å². The fraction of sp³-hybridized carbons (Fsp3) is 0.683. The van der Waals surface area contributed by atoms with Gasteiger partial charge >= 0.3 is 0 Å². The Bertz CT molecular complexity index is 1620. The summed E-state index contributed by atoms with van der Waals surface area (Å²) in [4.78, 5) is 56.2. The maximum atomic E-state index is 15.0. The third-order valence-corrected chi connectivity index (χ3v) is 16.0. The van der Waals surface area contributed by atoms with E-state index in [9.17, 15) is 24.4 Å². The molecule has 46 heavy (non-hydrogen) atoms. The first-order valence-corrected chi connectivity index (χ1v) is 17.8. The molecule has 1 aromatic rings. The lowest BCUT2D eigenvalue weighted by molar-refractivity contribution is -0.229. The highest BCUT2D eigenvalue weighted by molar-refractivity contribution is 6.26. The van der Waals surface area contributed by atoms with Gasteiger partial charge in [0.15, 0.2) is 17.3 Å². The molecule has 0 amide bonds. The first kappa shape index (κ1) is 31.7. The van der Waals surface area contributed by atoms with Crippen LogP contribution in [0.5, 0.6) is 0 Å². The van der Waals surface area contributed by atoms with Crippen LogP contribution in [0.4, 0.5) is 0 Å². The number of benzene rings is 1. The van der Waals surface area contributed by atoms with Crippen LogP contribution in [0.3, 0.4) is 0 Å². The second-order valence-electron chi connectivity index (χ2n) is 18.5. The van der Waals surface area contributed by atoms with Gasteiger partial charge < -0.3 is 0 Å². The molecule has 0 spiro atoms. The van der Waals surface area contributed by atoms with Gasteiger partial charge in [-0.2, -0.15) is 5.26 Å². The smallest absolute Gasteiger partial charge is 0.178 e. The van der Waals surface area contributed by atoms with Crippen LogP contribution in [0.1, 0.15) is 127 Å². The number of nitrogens with zero attached hydrogens (tertiary/aromatic N) is 1. The Morgan fingerprint density at radius 2 is 1.41 bits per heavy atom. The summed E-state index contributed by atoms with van der Waals surface area (Å²) >= 11 is 0. The molecule has 7 rings (SSSR count). The Kier molecular flexibility index (Phi) is 6.62. The van der Waals surface area contributed by atoms with Crippen molar-refractivity contribution < 1.29 is 19.2 Å². The normalized spacial score (nSPS) is 43.3. The fourth-order valence-electron chi connectivity index (χ4n) is 13.3. The van der Waals surface area contributed by atoms with Crippen molar-refractivity contribution in [2.75, 3.05) is 0 Å². The summed E-state index contributed by atoms with van der Waals surface area (Å²) in [6.07, 6.45) is 8.96. The van der Waals surface area contributed by atoms with E-state index in [2.05, 4.69) is 47.6 Å². The van der Waals surface area contributed by atoms with Crippen molar-refractivity contribution in [2.24, 2.45) is 68.0 Å². The van der Waals surface area contributed by atoms with E-state index in [4.69, 9.17) is 0 Å². The monoisotopic (exact) mass is 621 g/mol. The van der Waals surface area contributed by atoms with Gasteiger partial charge in [0.05, 0.1) is 11.5 Å². The maximum Gasteiger partial charge on any atom is 0.178 e. The number of carbonyl (C=O) groups is 4.